The van der Waals surface area contributed by atoms with Crippen molar-refractivity contribution in [1.82, 2.24) is 0 Å². The summed E-state index contributed by atoms with van der Waals surface area (Å²) < 4.78 is 0. The highest BCUT2D eigenvalue weighted by atomic mass is 16.1. The van der Waals surface area contributed by atoms with Crippen LogP contribution in [0.3, 0.4) is 0 Å². The normalized spacial score (nSPS) is 8.17. The van der Waals surface area contributed by atoms with Gasteiger partial charge in [-0.15, -0.1) is 0 Å². The number of benzene rings is 1. The predicted octanol–water partition coefficient (Wildman–Crippen LogP) is 0.888. The van der Waals surface area contributed by atoms with Crippen LogP contribution in [-0.2, 0) is 4.79 Å². The molecule has 3 heteroatoms. The van der Waals surface area contributed by atoms with E-state index in [-0.39, 0.29) is 11.1 Å². The molecular formula is C9H3N2O. The second-order valence-corrected chi connectivity index (χ2v) is 2.09. The Morgan fingerprint density at radius 3 is 2.33 bits per heavy atom. The molecule has 0 bridgehead atoms. The van der Waals surface area contributed by atoms with Crippen molar-refractivity contribution in [3.63, 3.8) is 0 Å². The number of rotatable bonds is 1. The number of hydrogen-bond acceptors (Lipinski definition) is 3. The van der Waals surface area contributed by atoms with Gasteiger partial charge in [-0.2, -0.15) is 10.5 Å². The zero-order valence-corrected chi connectivity index (χ0v) is 6.03. The van der Waals surface area contributed by atoms with Gasteiger partial charge < -0.3 is 0 Å². The summed E-state index contributed by atoms with van der Waals surface area (Å²) in [6.07, 6.45) is 1.62. The summed E-state index contributed by atoms with van der Waals surface area (Å²) in [6.45, 7) is 0. The SMILES string of the molecule is N#Cc1ccc([C]=O)c(C#N)c1. The van der Waals surface area contributed by atoms with Crippen molar-refractivity contribution in [2.75, 3.05) is 0 Å². The van der Waals surface area contributed by atoms with Gasteiger partial charge in [0, 0.05) is 5.56 Å². The molecule has 0 aromatic heterocycles. The third-order valence-corrected chi connectivity index (χ3v) is 1.38. The van der Waals surface area contributed by atoms with Crippen molar-refractivity contribution in [1.29, 1.82) is 10.5 Å². The molecular weight excluding hydrogens is 152 g/mol. The quantitative estimate of drug-likeness (QED) is 0.604. The first-order valence-electron chi connectivity index (χ1n) is 3.14. The minimum absolute atomic E-state index is 0.184. The lowest BCUT2D eigenvalue weighted by Gasteiger charge is -1.92. The Morgan fingerprint density at radius 1 is 1.08 bits per heavy atom. The van der Waals surface area contributed by atoms with Crippen LogP contribution in [0.5, 0.6) is 0 Å². The highest BCUT2D eigenvalue weighted by Crippen LogP contribution is 2.07. The van der Waals surface area contributed by atoms with Gasteiger partial charge in [0.1, 0.15) is 0 Å². The van der Waals surface area contributed by atoms with Crippen LogP contribution in [0.15, 0.2) is 18.2 Å². The Morgan fingerprint density at radius 2 is 1.83 bits per heavy atom. The van der Waals surface area contributed by atoms with Gasteiger partial charge in [0.15, 0.2) is 0 Å². The molecule has 1 aromatic carbocycles. The predicted molar refractivity (Wildman–Crippen MR) is 40.7 cm³/mol. The molecule has 0 aliphatic carbocycles. The molecule has 0 saturated heterocycles. The lowest BCUT2D eigenvalue weighted by molar-refractivity contribution is 0.562. The fourth-order valence-corrected chi connectivity index (χ4v) is 0.795. The molecule has 0 unspecified atom stereocenters. The van der Waals surface area contributed by atoms with Crippen LogP contribution in [0.2, 0.25) is 0 Å². The Labute approximate surface area is 69.5 Å². The van der Waals surface area contributed by atoms with E-state index in [1.807, 2.05) is 12.1 Å². The molecule has 0 N–H and O–H groups in total. The minimum atomic E-state index is 0.184. The van der Waals surface area contributed by atoms with Gasteiger partial charge in [-0.1, -0.05) is 0 Å². The molecule has 3 nitrogen and oxygen atoms in total. The fourth-order valence-electron chi connectivity index (χ4n) is 0.795. The van der Waals surface area contributed by atoms with E-state index in [0.717, 1.165) is 0 Å². The van der Waals surface area contributed by atoms with Crippen molar-refractivity contribution in [3.05, 3.63) is 34.9 Å². The maximum absolute atomic E-state index is 10.2. The Hall–Kier alpha value is -2.13. The fraction of sp³-hybridized carbons (Fsp3) is 0. The van der Waals surface area contributed by atoms with Gasteiger partial charge in [-0.05, 0) is 18.2 Å². The maximum atomic E-state index is 10.2. The molecule has 0 aliphatic rings. The number of hydrogen-bond donors (Lipinski definition) is 0. The van der Waals surface area contributed by atoms with Crippen molar-refractivity contribution in [2.45, 2.75) is 0 Å². The molecule has 12 heavy (non-hydrogen) atoms. The summed E-state index contributed by atoms with van der Waals surface area (Å²) in [5.74, 6) is 0. The standard InChI is InChI=1S/C9H3N2O/c10-4-7-1-2-8(6-12)9(3-7)5-11/h1-3H. The monoisotopic (exact) mass is 155 g/mol. The van der Waals surface area contributed by atoms with E-state index in [1.54, 1.807) is 6.29 Å². The topological polar surface area (TPSA) is 64.7 Å². The van der Waals surface area contributed by atoms with Gasteiger partial charge in [0.2, 0.25) is 6.29 Å². The van der Waals surface area contributed by atoms with E-state index in [2.05, 4.69) is 0 Å². The zero-order valence-electron chi connectivity index (χ0n) is 6.03. The summed E-state index contributed by atoms with van der Waals surface area (Å²) in [4.78, 5) is 10.2. The zero-order chi connectivity index (χ0) is 8.97. The molecule has 0 amide bonds. The second kappa shape index (κ2) is 3.32. The molecule has 0 aliphatic heterocycles. The van der Waals surface area contributed by atoms with Gasteiger partial charge in [-0.3, -0.25) is 4.79 Å². The van der Waals surface area contributed by atoms with Crippen LogP contribution in [-0.4, -0.2) is 6.29 Å². The van der Waals surface area contributed by atoms with E-state index >= 15 is 0 Å². The van der Waals surface area contributed by atoms with Crippen LogP contribution in [0.4, 0.5) is 0 Å². The van der Waals surface area contributed by atoms with Crippen LogP contribution >= 0.6 is 0 Å². The number of nitriles is 2. The van der Waals surface area contributed by atoms with Crippen molar-refractivity contribution >= 4 is 6.29 Å². The average molecular weight is 155 g/mol. The summed E-state index contributed by atoms with van der Waals surface area (Å²) >= 11 is 0. The molecule has 0 heterocycles. The summed E-state index contributed by atoms with van der Waals surface area (Å²) in [5.41, 5.74) is 0.742. The first kappa shape index (κ1) is 7.97. The van der Waals surface area contributed by atoms with Crippen molar-refractivity contribution in [2.24, 2.45) is 0 Å². The summed E-state index contributed by atoms with van der Waals surface area (Å²) in [5, 5.41) is 17.0. The van der Waals surface area contributed by atoms with E-state index in [0.29, 0.717) is 5.56 Å². The first-order valence-corrected chi connectivity index (χ1v) is 3.14. The summed E-state index contributed by atoms with van der Waals surface area (Å²) in [6, 6.07) is 7.92. The minimum Gasteiger partial charge on any atom is -0.285 e. The Balaban J connectivity index is 3.34. The van der Waals surface area contributed by atoms with E-state index in [4.69, 9.17) is 10.5 Å². The Kier molecular flexibility index (Phi) is 2.20. The molecule has 0 atom stereocenters. The number of carbonyl (C=O) groups excluding carboxylic acids is 1. The third kappa shape index (κ3) is 1.31. The largest absolute Gasteiger partial charge is 0.285 e. The number of nitrogens with zero attached hydrogens (tertiary/aromatic N) is 2. The van der Waals surface area contributed by atoms with Crippen LogP contribution < -0.4 is 0 Å². The van der Waals surface area contributed by atoms with Crippen molar-refractivity contribution < 1.29 is 4.79 Å². The highest BCUT2D eigenvalue weighted by Gasteiger charge is 2.01. The van der Waals surface area contributed by atoms with Gasteiger partial charge >= 0.3 is 0 Å². The first-order chi connectivity index (χ1) is 5.81. The average Bonchev–Trinajstić information content (AvgIpc) is 2.16. The molecule has 0 spiro atoms. The lowest BCUT2D eigenvalue weighted by Crippen LogP contribution is -1.88. The Bertz CT molecular complexity index is 396. The molecule has 0 saturated carbocycles. The lowest BCUT2D eigenvalue weighted by atomic mass is 10.1. The van der Waals surface area contributed by atoms with Gasteiger partial charge in [-0.25, -0.2) is 0 Å². The molecule has 0 fully saturated rings. The van der Waals surface area contributed by atoms with Crippen LogP contribution in [0.1, 0.15) is 16.7 Å². The highest BCUT2D eigenvalue weighted by molar-refractivity contribution is 5.79. The van der Waals surface area contributed by atoms with Crippen LogP contribution in [0.25, 0.3) is 0 Å². The van der Waals surface area contributed by atoms with E-state index < -0.39 is 0 Å². The molecule has 1 radical (unpaired) electrons. The summed E-state index contributed by atoms with van der Waals surface area (Å²) in [7, 11) is 0. The van der Waals surface area contributed by atoms with Crippen LogP contribution in [0, 0.1) is 22.7 Å². The van der Waals surface area contributed by atoms with Gasteiger partial charge in [0.25, 0.3) is 0 Å². The van der Waals surface area contributed by atoms with E-state index in [1.165, 1.54) is 18.2 Å². The second-order valence-electron chi connectivity index (χ2n) is 2.09. The third-order valence-electron chi connectivity index (χ3n) is 1.38. The smallest absolute Gasteiger partial charge is 0.234 e. The van der Waals surface area contributed by atoms with E-state index in [9.17, 15) is 4.79 Å². The maximum Gasteiger partial charge on any atom is 0.234 e. The molecule has 1 rings (SSSR count). The molecule has 1 aromatic rings. The van der Waals surface area contributed by atoms with Gasteiger partial charge in [0.05, 0.1) is 23.3 Å². The van der Waals surface area contributed by atoms with Crippen molar-refractivity contribution in [3.8, 4) is 12.1 Å². The molecule has 55 valence electrons.